The summed E-state index contributed by atoms with van der Waals surface area (Å²) in [7, 11) is 1.35. The Bertz CT molecular complexity index is 1310. The van der Waals surface area contributed by atoms with Crippen LogP contribution in [0, 0.1) is 30.9 Å². The maximum Gasteiger partial charge on any atom is 0.338 e. The van der Waals surface area contributed by atoms with Gasteiger partial charge in [-0.3, -0.25) is 19.7 Å². The first kappa shape index (κ1) is 26.1. The van der Waals surface area contributed by atoms with Crippen molar-refractivity contribution in [1.29, 1.82) is 0 Å². The van der Waals surface area contributed by atoms with Gasteiger partial charge in [0.25, 0.3) is 11.6 Å². The molecule has 0 radical (unpaired) electrons. The van der Waals surface area contributed by atoms with E-state index in [0.29, 0.717) is 17.7 Å². The Morgan fingerprint density at radius 3 is 2.42 bits per heavy atom. The normalized spacial score (nSPS) is 10.6. The van der Waals surface area contributed by atoms with E-state index in [4.69, 9.17) is 9.47 Å². The van der Waals surface area contributed by atoms with Gasteiger partial charge in [-0.05, 0) is 68.7 Å². The molecule has 11 nitrogen and oxygen atoms in total. The van der Waals surface area contributed by atoms with Gasteiger partial charge < -0.3 is 14.8 Å². The number of nitrogens with zero attached hydrogens (tertiary/aromatic N) is 3. The number of aromatic nitrogens is 2. The molecule has 0 atom stereocenters. The van der Waals surface area contributed by atoms with Crippen LogP contribution < -0.4 is 5.32 Å². The summed E-state index contributed by atoms with van der Waals surface area (Å²) in [6.07, 6.45) is 0.752. The van der Waals surface area contributed by atoms with Gasteiger partial charge in [-0.2, -0.15) is 5.10 Å². The highest BCUT2D eigenvalue weighted by Gasteiger charge is 2.18. The molecule has 0 aliphatic rings. The summed E-state index contributed by atoms with van der Waals surface area (Å²) >= 11 is 0. The van der Waals surface area contributed by atoms with Crippen LogP contribution in [0.15, 0.2) is 42.5 Å². The minimum atomic E-state index is -0.720. The summed E-state index contributed by atoms with van der Waals surface area (Å²) in [5.74, 6) is -1.72. The molecule has 1 N–H and O–H groups in total. The van der Waals surface area contributed by atoms with Crippen molar-refractivity contribution in [2.75, 3.05) is 19.0 Å². The van der Waals surface area contributed by atoms with Crippen LogP contribution in [0.1, 0.15) is 39.3 Å². The van der Waals surface area contributed by atoms with E-state index in [0.717, 1.165) is 17.0 Å². The number of methoxy groups -OCH3 is 1. The molecule has 36 heavy (non-hydrogen) atoms. The molecule has 11 heteroatoms. The van der Waals surface area contributed by atoms with Crippen LogP contribution in [0.5, 0.6) is 0 Å². The number of hydrogen-bond donors (Lipinski definition) is 1. The number of aryl methyl sites for hydroxylation is 2. The van der Waals surface area contributed by atoms with Crippen molar-refractivity contribution in [2.24, 2.45) is 0 Å². The highest BCUT2D eigenvalue weighted by Crippen LogP contribution is 2.25. The van der Waals surface area contributed by atoms with Gasteiger partial charge in [-0.15, -0.1) is 0 Å². The van der Waals surface area contributed by atoms with Crippen molar-refractivity contribution < 1.29 is 28.8 Å². The Morgan fingerprint density at radius 2 is 1.78 bits per heavy atom. The predicted octanol–water partition coefficient (Wildman–Crippen LogP) is 3.61. The van der Waals surface area contributed by atoms with E-state index in [2.05, 4.69) is 10.4 Å². The second-order valence-electron chi connectivity index (χ2n) is 8.09. The molecular weight excluding hydrogens is 468 g/mol. The second-order valence-corrected chi connectivity index (χ2v) is 8.09. The average molecular weight is 495 g/mol. The molecule has 0 aliphatic carbocycles. The predicted molar refractivity (Wildman–Crippen MR) is 130 cm³/mol. The van der Waals surface area contributed by atoms with Crippen LogP contribution in [0.3, 0.4) is 0 Å². The zero-order valence-corrected chi connectivity index (χ0v) is 20.4. The Kier molecular flexibility index (Phi) is 8.15. The van der Waals surface area contributed by atoms with Crippen LogP contribution >= 0.6 is 0 Å². The van der Waals surface area contributed by atoms with Gasteiger partial charge in [0.2, 0.25) is 0 Å². The van der Waals surface area contributed by atoms with E-state index in [1.54, 1.807) is 41.9 Å². The lowest BCUT2D eigenvalue weighted by molar-refractivity contribution is -0.384. The van der Waals surface area contributed by atoms with E-state index >= 15 is 0 Å². The molecule has 0 bridgehead atoms. The Labute approximate surface area is 207 Å². The van der Waals surface area contributed by atoms with Crippen molar-refractivity contribution >= 4 is 29.2 Å². The molecule has 1 heterocycles. The first-order chi connectivity index (χ1) is 17.1. The third-order valence-electron chi connectivity index (χ3n) is 5.55. The van der Waals surface area contributed by atoms with Crippen LogP contribution in [-0.2, 0) is 25.5 Å². The van der Waals surface area contributed by atoms with Gasteiger partial charge in [0, 0.05) is 18.2 Å². The molecule has 188 valence electrons. The van der Waals surface area contributed by atoms with E-state index in [1.807, 2.05) is 13.8 Å². The first-order valence-electron chi connectivity index (χ1n) is 11.0. The van der Waals surface area contributed by atoms with Crippen molar-refractivity contribution in [3.05, 3.63) is 80.7 Å². The third kappa shape index (κ3) is 6.12. The number of amides is 1. The quantitative estimate of drug-likeness (QED) is 0.270. The Morgan fingerprint density at radius 1 is 1.08 bits per heavy atom. The zero-order valence-electron chi connectivity index (χ0n) is 20.4. The fraction of sp³-hybridized carbons (Fsp3) is 0.280. The number of benzene rings is 2. The summed E-state index contributed by atoms with van der Waals surface area (Å²) in [4.78, 5) is 46.7. The number of rotatable bonds is 9. The van der Waals surface area contributed by atoms with Crippen molar-refractivity contribution in [2.45, 2.75) is 33.6 Å². The standard InChI is InChI=1S/C25H26N4O7/c1-15-5-11-21(22(13-15)29(33)34)26-23(30)14-36-25(32)18-6-8-19(9-7-18)28-17(3)20(16(2)27-28)10-12-24(31)35-4/h5-9,11,13H,10,12,14H2,1-4H3,(H,26,30). The minimum Gasteiger partial charge on any atom is -0.469 e. The molecule has 0 spiro atoms. The largest absolute Gasteiger partial charge is 0.469 e. The smallest absolute Gasteiger partial charge is 0.338 e. The number of hydrogen-bond acceptors (Lipinski definition) is 8. The second kappa shape index (κ2) is 11.3. The minimum absolute atomic E-state index is 0.0202. The van der Waals surface area contributed by atoms with Crippen LogP contribution in [0.25, 0.3) is 5.69 Å². The Balaban J connectivity index is 1.63. The highest BCUT2D eigenvalue weighted by molar-refractivity contribution is 5.96. The number of esters is 2. The summed E-state index contributed by atoms with van der Waals surface area (Å²) in [6.45, 7) is 4.85. The molecule has 0 aliphatic heterocycles. The summed E-state index contributed by atoms with van der Waals surface area (Å²) in [5.41, 5.74) is 3.99. The molecule has 0 saturated carbocycles. The molecule has 0 fully saturated rings. The maximum absolute atomic E-state index is 12.4. The molecule has 1 amide bonds. The van der Waals surface area contributed by atoms with Crippen LogP contribution in [-0.4, -0.2) is 46.3 Å². The maximum atomic E-state index is 12.4. The summed E-state index contributed by atoms with van der Waals surface area (Å²) < 4.78 is 11.5. The summed E-state index contributed by atoms with van der Waals surface area (Å²) in [6, 6.07) is 10.9. The molecule has 1 aromatic heterocycles. The molecule has 3 rings (SSSR count). The number of nitro groups is 1. The van der Waals surface area contributed by atoms with Gasteiger partial charge in [-0.1, -0.05) is 6.07 Å². The highest BCUT2D eigenvalue weighted by atomic mass is 16.6. The van der Waals surface area contributed by atoms with E-state index in [1.165, 1.54) is 19.2 Å². The lowest BCUT2D eigenvalue weighted by atomic mass is 10.1. The number of ether oxygens (including phenoxy) is 2. The molecular formula is C25H26N4O7. The molecule has 3 aromatic rings. The number of anilines is 1. The fourth-order valence-corrected chi connectivity index (χ4v) is 3.66. The summed E-state index contributed by atoms with van der Waals surface area (Å²) in [5, 5.41) is 18.1. The van der Waals surface area contributed by atoms with Gasteiger partial charge in [-0.25, -0.2) is 9.48 Å². The van der Waals surface area contributed by atoms with Gasteiger partial charge in [0.15, 0.2) is 6.61 Å². The van der Waals surface area contributed by atoms with Crippen molar-refractivity contribution in [1.82, 2.24) is 9.78 Å². The molecule has 0 saturated heterocycles. The van der Waals surface area contributed by atoms with Gasteiger partial charge >= 0.3 is 11.9 Å². The van der Waals surface area contributed by atoms with Crippen LogP contribution in [0.4, 0.5) is 11.4 Å². The number of nitro benzene ring substituents is 1. The lowest BCUT2D eigenvalue weighted by Crippen LogP contribution is -2.21. The topological polar surface area (TPSA) is 143 Å². The number of carbonyl (C=O) groups is 3. The first-order valence-corrected chi connectivity index (χ1v) is 11.0. The number of nitrogens with one attached hydrogen (secondary N) is 1. The third-order valence-corrected chi connectivity index (χ3v) is 5.55. The van der Waals surface area contributed by atoms with Gasteiger partial charge in [0.1, 0.15) is 5.69 Å². The average Bonchev–Trinajstić information content (AvgIpc) is 3.14. The van der Waals surface area contributed by atoms with E-state index in [-0.39, 0.29) is 29.3 Å². The zero-order chi connectivity index (χ0) is 26.4. The van der Waals surface area contributed by atoms with Gasteiger partial charge in [0.05, 0.1) is 29.0 Å². The SMILES string of the molecule is COC(=O)CCc1c(C)nn(-c2ccc(C(=O)OCC(=O)Nc3ccc(C)cc3[N+](=O)[O-])cc2)c1C. The lowest BCUT2D eigenvalue weighted by Gasteiger charge is -2.09. The molecule has 2 aromatic carbocycles. The van der Waals surface area contributed by atoms with E-state index in [9.17, 15) is 24.5 Å². The van der Waals surface area contributed by atoms with Crippen molar-refractivity contribution in [3.63, 3.8) is 0 Å². The van der Waals surface area contributed by atoms with Crippen LogP contribution in [0.2, 0.25) is 0 Å². The van der Waals surface area contributed by atoms with Crippen molar-refractivity contribution in [3.8, 4) is 5.69 Å². The number of carbonyl (C=O) groups excluding carboxylic acids is 3. The Hall–Kier alpha value is -4.54. The monoisotopic (exact) mass is 494 g/mol. The molecule has 0 unspecified atom stereocenters. The van der Waals surface area contributed by atoms with E-state index < -0.39 is 23.4 Å². The fourth-order valence-electron chi connectivity index (χ4n) is 3.66.